The van der Waals surface area contributed by atoms with E-state index in [0.29, 0.717) is 18.0 Å². The van der Waals surface area contributed by atoms with Crippen LogP contribution in [-0.4, -0.2) is 53.9 Å². The third-order valence-corrected chi connectivity index (χ3v) is 5.39. The number of aromatic amines is 1. The van der Waals surface area contributed by atoms with Crippen LogP contribution in [0.1, 0.15) is 21.5 Å². The molecule has 156 valence electrons. The fourth-order valence-corrected chi connectivity index (χ4v) is 3.61. The van der Waals surface area contributed by atoms with Gasteiger partial charge >= 0.3 is 0 Å². The number of amides is 1. The number of rotatable bonds is 6. The molecule has 0 unspecified atom stereocenters. The first-order valence-electron chi connectivity index (χ1n) is 10.1. The Morgan fingerprint density at radius 3 is 2.60 bits per heavy atom. The van der Waals surface area contributed by atoms with E-state index < -0.39 is 11.5 Å². The molecule has 1 fully saturated rings. The van der Waals surface area contributed by atoms with Crippen LogP contribution in [0.4, 0.5) is 0 Å². The highest BCUT2D eigenvalue weighted by Crippen LogP contribution is 2.16. The van der Waals surface area contributed by atoms with E-state index in [0.717, 1.165) is 38.3 Å². The molecule has 1 aliphatic rings. The molecule has 0 saturated carbocycles. The lowest BCUT2D eigenvalue weighted by Gasteiger charge is -2.32. The summed E-state index contributed by atoms with van der Waals surface area (Å²) < 4.78 is 5.27. The summed E-state index contributed by atoms with van der Waals surface area (Å²) in [7, 11) is 2.15. The van der Waals surface area contributed by atoms with Crippen LogP contribution in [0.3, 0.4) is 0 Å². The minimum atomic E-state index is -0.440. The average molecular weight is 406 g/mol. The van der Waals surface area contributed by atoms with Crippen LogP contribution < -0.4 is 10.9 Å². The Kier molecular flexibility index (Phi) is 6.11. The van der Waals surface area contributed by atoms with Gasteiger partial charge in [-0.25, -0.2) is 0 Å². The molecule has 7 nitrogen and oxygen atoms in total. The van der Waals surface area contributed by atoms with E-state index in [2.05, 4.69) is 39.3 Å². The van der Waals surface area contributed by atoms with Crippen molar-refractivity contribution in [3.63, 3.8) is 0 Å². The number of nitrogens with zero attached hydrogens (tertiary/aromatic N) is 2. The number of carbonyl (C=O) groups excluding carboxylic acids is 1. The topological polar surface area (TPSA) is 81.6 Å². The van der Waals surface area contributed by atoms with Gasteiger partial charge in [0, 0.05) is 39.3 Å². The van der Waals surface area contributed by atoms with Crippen LogP contribution in [0.15, 0.2) is 64.0 Å². The maximum absolute atomic E-state index is 12.5. The van der Waals surface area contributed by atoms with Gasteiger partial charge in [0.15, 0.2) is 0 Å². The second-order valence-electron chi connectivity index (χ2n) is 7.67. The molecule has 1 amide bonds. The highest BCUT2D eigenvalue weighted by Gasteiger charge is 2.15. The van der Waals surface area contributed by atoms with Crippen molar-refractivity contribution in [3.05, 3.63) is 81.8 Å². The molecule has 1 aliphatic heterocycles. The Labute approximate surface area is 175 Å². The number of likely N-dealkylation sites (N-methyl/N-ethyl adjacent to an activating group) is 1. The first kappa shape index (κ1) is 20.1. The Balaban J connectivity index is 1.36. The van der Waals surface area contributed by atoms with Crippen molar-refractivity contribution in [2.75, 3.05) is 33.2 Å². The van der Waals surface area contributed by atoms with E-state index >= 15 is 0 Å². The third kappa shape index (κ3) is 4.87. The van der Waals surface area contributed by atoms with E-state index in [-0.39, 0.29) is 5.56 Å². The lowest BCUT2D eigenvalue weighted by molar-refractivity contribution is 0.0949. The van der Waals surface area contributed by atoms with E-state index in [4.69, 9.17) is 4.42 Å². The van der Waals surface area contributed by atoms with Gasteiger partial charge in [0.2, 0.25) is 0 Å². The Hall–Kier alpha value is -3.16. The van der Waals surface area contributed by atoms with Crippen LogP contribution in [-0.2, 0) is 13.1 Å². The molecule has 1 saturated heterocycles. The number of benzene rings is 1. The number of furan rings is 1. The molecule has 0 atom stereocenters. The molecule has 0 aliphatic carbocycles. The largest absolute Gasteiger partial charge is 0.463 e. The summed E-state index contributed by atoms with van der Waals surface area (Å²) in [4.78, 5) is 32.3. The summed E-state index contributed by atoms with van der Waals surface area (Å²) >= 11 is 0. The van der Waals surface area contributed by atoms with Crippen molar-refractivity contribution in [2.45, 2.75) is 13.1 Å². The Morgan fingerprint density at radius 1 is 1.07 bits per heavy atom. The van der Waals surface area contributed by atoms with Crippen LogP contribution in [0, 0.1) is 0 Å². The Morgan fingerprint density at radius 2 is 1.87 bits per heavy atom. The summed E-state index contributed by atoms with van der Waals surface area (Å²) in [6.07, 6.45) is 1.53. The summed E-state index contributed by atoms with van der Waals surface area (Å²) in [5, 5.41) is 2.84. The minimum Gasteiger partial charge on any atom is -0.463 e. The second kappa shape index (κ2) is 9.11. The maximum atomic E-state index is 12.5. The Bertz CT molecular complexity index is 1050. The van der Waals surface area contributed by atoms with Crippen molar-refractivity contribution in [3.8, 4) is 11.5 Å². The van der Waals surface area contributed by atoms with Gasteiger partial charge in [0.05, 0.1) is 12.0 Å². The van der Waals surface area contributed by atoms with Gasteiger partial charge in [-0.15, -0.1) is 0 Å². The predicted octanol–water partition coefficient (Wildman–Crippen LogP) is 2.31. The van der Waals surface area contributed by atoms with E-state index in [1.807, 2.05) is 12.1 Å². The molecule has 4 rings (SSSR count). The number of H-pyrrole nitrogens is 1. The highest BCUT2D eigenvalue weighted by molar-refractivity contribution is 5.94. The highest BCUT2D eigenvalue weighted by atomic mass is 16.3. The van der Waals surface area contributed by atoms with Crippen molar-refractivity contribution >= 4 is 5.91 Å². The zero-order valence-corrected chi connectivity index (χ0v) is 17.1. The second-order valence-corrected chi connectivity index (χ2v) is 7.67. The van der Waals surface area contributed by atoms with Gasteiger partial charge in [-0.05, 0) is 42.4 Å². The monoisotopic (exact) mass is 406 g/mol. The smallest absolute Gasteiger partial charge is 0.261 e. The molecule has 30 heavy (non-hydrogen) atoms. The zero-order chi connectivity index (χ0) is 20.9. The zero-order valence-electron chi connectivity index (χ0n) is 17.1. The number of hydrogen-bond donors (Lipinski definition) is 2. The number of nitrogens with one attached hydrogen (secondary N) is 2. The summed E-state index contributed by atoms with van der Waals surface area (Å²) in [6, 6.07) is 14.9. The van der Waals surface area contributed by atoms with Crippen molar-refractivity contribution in [2.24, 2.45) is 0 Å². The van der Waals surface area contributed by atoms with Crippen LogP contribution in [0.2, 0.25) is 0 Å². The van der Waals surface area contributed by atoms with E-state index in [1.54, 1.807) is 18.2 Å². The SMILES string of the molecule is CN1CCN(Cc2cccc(CNC(=O)c3ccc(-c4ccco4)[nH]c3=O)c2)CC1. The molecule has 0 bridgehead atoms. The van der Waals surface area contributed by atoms with Gasteiger partial charge in [-0.3, -0.25) is 14.5 Å². The lowest BCUT2D eigenvalue weighted by atomic mass is 10.1. The van der Waals surface area contributed by atoms with Gasteiger partial charge in [0.1, 0.15) is 11.3 Å². The molecule has 7 heteroatoms. The third-order valence-electron chi connectivity index (χ3n) is 5.39. The first-order valence-corrected chi connectivity index (χ1v) is 10.1. The molecular formula is C23H26N4O3. The van der Waals surface area contributed by atoms with Gasteiger partial charge in [-0.2, -0.15) is 0 Å². The van der Waals surface area contributed by atoms with Crippen LogP contribution >= 0.6 is 0 Å². The fourth-order valence-electron chi connectivity index (χ4n) is 3.61. The number of aromatic nitrogens is 1. The van der Waals surface area contributed by atoms with Gasteiger partial charge in [-0.1, -0.05) is 24.3 Å². The molecule has 3 heterocycles. The van der Waals surface area contributed by atoms with Crippen molar-refractivity contribution in [1.82, 2.24) is 20.1 Å². The summed E-state index contributed by atoms with van der Waals surface area (Å²) in [5.74, 6) is 0.155. The van der Waals surface area contributed by atoms with E-state index in [9.17, 15) is 9.59 Å². The normalized spacial score (nSPS) is 15.2. The predicted molar refractivity (Wildman–Crippen MR) is 115 cm³/mol. The lowest BCUT2D eigenvalue weighted by Crippen LogP contribution is -2.43. The molecule has 0 spiro atoms. The molecule has 2 aromatic heterocycles. The quantitative estimate of drug-likeness (QED) is 0.657. The maximum Gasteiger partial charge on any atom is 0.261 e. The summed E-state index contributed by atoms with van der Waals surface area (Å²) in [5.41, 5.74) is 2.42. The van der Waals surface area contributed by atoms with Crippen LogP contribution in [0.5, 0.6) is 0 Å². The van der Waals surface area contributed by atoms with Gasteiger partial charge < -0.3 is 19.6 Å². The number of hydrogen-bond acceptors (Lipinski definition) is 5. The van der Waals surface area contributed by atoms with E-state index in [1.165, 1.54) is 17.9 Å². The molecule has 2 N–H and O–H groups in total. The molecule has 1 aromatic carbocycles. The minimum absolute atomic E-state index is 0.0823. The van der Waals surface area contributed by atoms with Crippen molar-refractivity contribution in [1.29, 1.82) is 0 Å². The first-order chi connectivity index (χ1) is 14.6. The summed E-state index contributed by atoms with van der Waals surface area (Å²) in [6.45, 7) is 5.58. The number of piperazine rings is 1. The van der Waals surface area contributed by atoms with Crippen molar-refractivity contribution < 1.29 is 9.21 Å². The average Bonchev–Trinajstić information content (AvgIpc) is 3.29. The molecule has 3 aromatic rings. The fraction of sp³-hybridized carbons (Fsp3) is 0.304. The standard InChI is InChI=1S/C23H26N4O3/c1-26-9-11-27(12-10-26)16-18-5-2-4-17(14-18)15-24-22(28)19-7-8-20(25-23(19)29)21-6-3-13-30-21/h2-8,13-14H,9-12,15-16H2,1H3,(H,24,28)(H,25,29). The number of carbonyl (C=O) groups is 1. The van der Waals surface area contributed by atoms with Crippen LogP contribution in [0.25, 0.3) is 11.5 Å². The molecule has 0 radical (unpaired) electrons. The number of pyridine rings is 1. The molecular weight excluding hydrogens is 380 g/mol. The van der Waals surface area contributed by atoms with Gasteiger partial charge in [0.25, 0.3) is 11.5 Å².